The van der Waals surface area contributed by atoms with Crippen LogP contribution in [-0.2, 0) is 19.8 Å². The molecule has 1 aliphatic heterocycles. The zero-order valence-corrected chi connectivity index (χ0v) is 28.3. The standard InChI is InChI=1S/C37H34F5N5O5/c1-22-20-47(15-14-46(22)21-23-4-9-27(10-5-23)52-36(38)39)35(49)31-16-24-6-11-28(18-30(24)45(31)2)51-33-13-8-26(19-43-33)44-34(48)29-12-7-25(37(40,41)42)17-32(29)50-3/h4-13,16-19,22,36H,14-15,20-21H2,1-3H3,(H,44,48). The normalized spacial score (nSPS) is 15.2. The maximum atomic E-state index is 13.7. The van der Waals surface area contributed by atoms with Crippen LogP contribution in [0, 0.1) is 0 Å². The molecular weight excluding hydrogens is 689 g/mol. The SMILES string of the molecule is COc1cc(C(F)(F)F)ccc1C(=O)Nc1ccc(Oc2ccc3cc(C(=O)N4CCN(Cc5ccc(OC(F)F)cc5)C(C)C4)n(C)c3c2)nc1. The minimum absolute atomic E-state index is 0.0595. The highest BCUT2D eigenvalue weighted by Gasteiger charge is 2.32. The van der Waals surface area contributed by atoms with Crippen molar-refractivity contribution in [3.05, 3.63) is 107 Å². The minimum Gasteiger partial charge on any atom is -0.496 e. The van der Waals surface area contributed by atoms with Crippen LogP contribution in [0.25, 0.3) is 10.9 Å². The number of carbonyl (C=O) groups is 2. The third kappa shape index (κ3) is 8.09. The van der Waals surface area contributed by atoms with Gasteiger partial charge < -0.3 is 29.0 Å². The predicted octanol–water partition coefficient (Wildman–Crippen LogP) is 7.59. The first-order valence-electron chi connectivity index (χ1n) is 16.2. The zero-order chi connectivity index (χ0) is 37.2. The summed E-state index contributed by atoms with van der Waals surface area (Å²) in [5, 5.41) is 3.43. The number of amides is 2. The fourth-order valence-electron chi connectivity index (χ4n) is 6.05. The number of piperazine rings is 1. The Morgan fingerprint density at radius 3 is 2.37 bits per heavy atom. The number of hydrogen-bond acceptors (Lipinski definition) is 7. The summed E-state index contributed by atoms with van der Waals surface area (Å²) in [6, 6.07) is 19.5. The second kappa shape index (κ2) is 14.9. The van der Waals surface area contributed by atoms with Gasteiger partial charge in [0, 0.05) is 56.8 Å². The monoisotopic (exact) mass is 723 g/mol. The number of benzene rings is 3. The van der Waals surface area contributed by atoms with E-state index in [0.717, 1.165) is 34.7 Å². The molecule has 3 heterocycles. The summed E-state index contributed by atoms with van der Waals surface area (Å²) in [4.78, 5) is 34.8. The van der Waals surface area contributed by atoms with Crippen molar-refractivity contribution in [2.75, 3.05) is 32.1 Å². The lowest BCUT2D eigenvalue weighted by atomic mass is 10.1. The Kier molecular flexibility index (Phi) is 10.3. The molecule has 272 valence electrons. The van der Waals surface area contributed by atoms with E-state index < -0.39 is 24.3 Å². The number of nitrogens with zero attached hydrogens (tertiary/aromatic N) is 4. The van der Waals surface area contributed by atoms with E-state index in [0.29, 0.717) is 37.6 Å². The van der Waals surface area contributed by atoms with Crippen molar-refractivity contribution in [1.82, 2.24) is 19.4 Å². The molecule has 3 aromatic carbocycles. The van der Waals surface area contributed by atoms with E-state index in [9.17, 15) is 31.5 Å². The van der Waals surface area contributed by atoms with Gasteiger partial charge in [0.05, 0.1) is 35.6 Å². The van der Waals surface area contributed by atoms with Crippen molar-refractivity contribution in [1.29, 1.82) is 0 Å². The smallest absolute Gasteiger partial charge is 0.416 e. The molecule has 10 nitrogen and oxygen atoms in total. The Balaban J connectivity index is 1.07. The van der Waals surface area contributed by atoms with Gasteiger partial charge in [-0.3, -0.25) is 14.5 Å². The number of ether oxygens (including phenoxy) is 3. The van der Waals surface area contributed by atoms with Crippen LogP contribution >= 0.6 is 0 Å². The summed E-state index contributed by atoms with van der Waals surface area (Å²) < 4.78 is 81.4. The number of fused-ring (bicyclic) bond motifs is 1. The third-order valence-electron chi connectivity index (χ3n) is 8.81. The van der Waals surface area contributed by atoms with Crippen LogP contribution in [0.3, 0.4) is 0 Å². The van der Waals surface area contributed by atoms with Crippen molar-refractivity contribution < 1.29 is 45.8 Å². The lowest BCUT2D eigenvalue weighted by Gasteiger charge is -2.40. The summed E-state index contributed by atoms with van der Waals surface area (Å²) in [6.07, 6.45) is -3.23. The molecule has 15 heteroatoms. The molecule has 0 aliphatic carbocycles. The fraction of sp³-hybridized carbons (Fsp3) is 0.270. The molecule has 0 spiro atoms. The van der Waals surface area contributed by atoms with Gasteiger partial charge in [-0.1, -0.05) is 12.1 Å². The Bertz CT molecular complexity index is 2070. The molecule has 1 N–H and O–H groups in total. The number of rotatable bonds is 10. The number of aromatic nitrogens is 2. The first kappa shape index (κ1) is 36.1. The van der Waals surface area contributed by atoms with Gasteiger partial charge in [-0.15, -0.1) is 0 Å². The Morgan fingerprint density at radius 1 is 0.962 bits per heavy atom. The van der Waals surface area contributed by atoms with Gasteiger partial charge in [-0.2, -0.15) is 22.0 Å². The number of alkyl halides is 5. The van der Waals surface area contributed by atoms with Gasteiger partial charge >= 0.3 is 12.8 Å². The van der Waals surface area contributed by atoms with Crippen LogP contribution in [0.2, 0.25) is 0 Å². The van der Waals surface area contributed by atoms with Gasteiger partial charge in [-0.05, 0) is 67.1 Å². The van der Waals surface area contributed by atoms with Crippen molar-refractivity contribution in [2.24, 2.45) is 7.05 Å². The largest absolute Gasteiger partial charge is 0.496 e. The maximum absolute atomic E-state index is 13.7. The highest BCUT2D eigenvalue weighted by molar-refractivity contribution is 6.06. The van der Waals surface area contributed by atoms with Gasteiger partial charge in [0.25, 0.3) is 11.8 Å². The van der Waals surface area contributed by atoms with Gasteiger partial charge in [0.1, 0.15) is 22.9 Å². The van der Waals surface area contributed by atoms with Crippen molar-refractivity contribution >= 4 is 28.4 Å². The molecule has 0 radical (unpaired) electrons. The molecule has 5 aromatic rings. The minimum atomic E-state index is -4.58. The van der Waals surface area contributed by atoms with Gasteiger partial charge in [0.15, 0.2) is 0 Å². The van der Waals surface area contributed by atoms with E-state index in [1.165, 1.54) is 37.6 Å². The maximum Gasteiger partial charge on any atom is 0.416 e. The number of pyridine rings is 1. The summed E-state index contributed by atoms with van der Waals surface area (Å²) in [6.45, 7) is 1.46. The molecule has 0 bridgehead atoms. The number of anilines is 1. The number of methoxy groups -OCH3 is 1. The van der Waals surface area contributed by atoms with Crippen LogP contribution in [0.1, 0.15) is 38.9 Å². The number of hydrogen-bond donors (Lipinski definition) is 1. The Morgan fingerprint density at radius 2 is 1.71 bits per heavy atom. The Hall–Kier alpha value is -5.70. The van der Waals surface area contributed by atoms with Gasteiger partial charge in [-0.25, -0.2) is 4.98 Å². The molecule has 0 saturated carbocycles. The quantitative estimate of drug-likeness (QED) is 0.148. The molecule has 6 rings (SSSR count). The van der Waals surface area contributed by atoms with Crippen LogP contribution in [0.4, 0.5) is 27.6 Å². The molecule has 1 aliphatic rings. The van der Waals surface area contributed by atoms with Crippen molar-refractivity contribution in [3.63, 3.8) is 0 Å². The second-order valence-corrected chi connectivity index (χ2v) is 12.3. The summed E-state index contributed by atoms with van der Waals surface area (Å²) in [7, 11) is 2.99. The van der Waals surface area contributed by atoms with E-state index in [-0.39, 0.29) is 40.6 Å². The molecule has 1 unspecified atom stereocenters. The molecule has 1 fully saturated rings. The highest BCUT2D eigenvalue weighted by Crippen LogP contribution is 2.34. The third-order valence-corrected chi connectivity index (χ3v) is 8.81. The van der Waals surface area contributed by atoms with E-state index in [4.69, 9.17) is 9.47 Å². The lowest BCUT2D eigenvalue weighted by Crippen LogP contribution is -2.53. The summed E-state index contributed by atoms with van der Waals surface area (Å²) in [5.41, 5.74) is 1.51. The van der Waals surface area contributed by atoms with E-state index in [2.05, 4.69) is 19.9 Å². The molecule has 52 heavy (non-hydrogen) atoms. The molecule has 2 aromatic heterocycles. The van der Waals surface area contributed by atoms with Crippen molar-refractivity contribution in [3.8, 4) is 23.1 Å². The number of carbonyl (C=O) groups excluding carboxylic acids is 2. The van der Waals surface area contributed by atoms with E-state index in [1.54, 1.807) is 24.3 Å². The molecule has 1 atom stereocenters. The Labute approximate surface area is 295 Å². The number of halogens is 5. The first-order chi connectivity index (χ1) is 24.8. The van der Waals surface area contributed by atoms with Crippen molar-refractivity contribution in [2.45, 2.75) is 32.3 Å². The summed E-state index contributed by atoms with van der Waals surface area (Å²) >= 11 is 0. The van der Waals surface area contributed by atoms with Crippen LogP contribution in [-0.4, -0.2) is 70.6 Å². The highest BCUT2D eigenvalue weighted by atomic mass is 19.4. The van der Waals surface area contributed by atoms with Crippen LogP contribution in [0.5, 0.6) is 23.1 Å². The topological polar surface area (TPSA) is 98.2 Å². The van der Waals surface area contributed by atoms with E-state index >= 15 is 0 Å². The first-order valence-corrected chi connectivity index (χ1v) is 16.2. The van der Waals surface area contributed by atoms with E-state index in [1.807, 2.05) is 35.6 Å². The van der Waals surface area contributed by atoms with Crippen LogP contribution in [0.15, 0.2) is 85.1 Å². The molecule has 2 amide bonds. The van der Waals surface area contributed by atoms with Gasteiger partial charge in [0.2, 0.25) is 5.88 Å². The molecular formula is C37H34F5N5O5. The number of aryl methyl sites for hydroxylation is 1. The average Bonchev–Trinajstić information content (AvgIpc) is 3.44. The predicted molar refractivity (Wildman–Crippen MR) is 182 cm³/mol. The zero-order valence-electron chi connectivity index (χ0n) is 28.3. The summed E-state index contributed by atoms with van der Waals surface area (Å²) in [5.74, 6) is -0.211. The fourth-order valence-corrected chi connectivity index (χ4v) is 6.05. The molecule has 1 saturated heterocycles. The second-order valence-electron chi connectivity index (χ2n) is 12.3. The number of nitrogens with one attached hydrogen (secondary N) is 1. The average molecular weight is 724 g/mol. The lowest BCUT2D eigenvalue weighted by molar-refractivity contribution is -0.137. The van der Waals surface area contributed by atoms with Crippen LogP contribution < -0.4 is 19.5 Å².